The molecule has 0 atom stereocenters. The Kier molecular flexibility index (Phi) is 3.70. The topological polar surface area (TPSA) is 84.5 Å². The van der Waals surface area contributed by atoms with Crippen LogP contribution in [0.2, 0.25) is 0 Å². The number of fused-ring (bicyclic) bond motifs is 1. The van der Waals surface area contributed by atoms with E-state index >= 15 is 0 Å². The number of anilines is 2. The molecule has 0 unspecified atom stereocenters. The molecule has 2 heterocycles. The van der Waals surface area contributed by atoms with E-state index in [9.17, 15) is 14.4 Å². The molecule has 2 amide bonds. The van der Waals surface area contributed by atoms with E-state index in [0.717, 1.165) is 12.8 Å². The third-order valence-corrected chi connectivity index (χ3v) is 3.77. The van der Waals surface area contributed by atoms with Crippen LogP contribution < -0.4 is 10.6 Å². The maximum Gasteiger partial charge on any atom is 0.233 e. The number of hydrogen-bond donors (Lipinski definition) is 2. The first kappa shape index (κ1) is 13.8. The highest BCUT2D eigenvalue weighted by atomic mass is 16.5. The van der Waals surface area contributed by atoms with E-state index in [-0.39, 0.29) is 29.9 Å². The van der Waals surface area contributed by atoms with Gasteiger partial charge in [-0.2, -0.15) is 0 Å². The van der Waals surface area contributed by atoms with Crippen molar-refractivity contribution in [2.45, 2.75) is 19.3 Å². The van der Waals surface area contributed by atoms with Crippen molar-refractivity contribution >= 4 is 29.0 Å². The molecule has 6 heteroatoms. The Hall–Kier alpha value is -2.21. The standard InChI is InChI=1S/C15H16N2O4/c18-13-8-14(19)17-12-7-10(1-2-11(12)16-13)15(20)9-3-5-21-6-4-9/h1-2,7,9H,3-6,8H2,(H,16,18)(H,17,19). The maximum absolute atomic E-state index is 12.5. The van der Waals surface area contributed by atoms with Gasteiger partial charge in [0.2, 0.25) is 11.8 Å². The van der Waals surface area contributed by atoms with Gasteiger partial charge in [-0.05, 0) is 31.0 Å². The predicted octanol–water partition coefficient (Wildman–Crippen LogP) is 1.58. The van der Waals surface area contributed by atoms with Crippen molar-refractivity contribution in [1.29, 1.82) is 0 Å². The molecule has 110 valence electrons. The Morgan fingerprint density at radius 2 is 1.71 bits per heavy atom. The number of nitrogens with one attached hydrogen (secondary N) is 2. The summed E-state index contributed by atoms with van der Waals surface area (Å²) in [4.78, 5) is 35.5. The van der Waals surface area contributed by atoms with Crippen LogP contribution in [0.4, 0.5) is 11.4 Å². The van der Waals surface area contributed by atoms with Crippen LogP contribution in [-0.2, 0) is 14.3 Å². The third kappa shape index (κ3) is 2.95. The van der Waals surface area contributed by atoms with E-state index in [0.29, 0.717) is 30.2 Å². The first-order chi connectivity index (χ1) is 10.1. The third-order valence-electron chi connectivity index (χ3n) is 3.77. The number of rotatable bonds is 2. The van der Waals surface area contributed by atoms with Crippen LogP contribution in [0.3, 0.4) is 0 Å². The molecule has 0 aromatic heterocycles. The van der Waals surface area contributed by atoms with E-state index in [1.807, 2.05) is 0 Å². The average Bonchev–Trinajstić information content (AvgIpc) is 2.63. The van der Waals surface area contributed by atoms with E-state index in [1.165, 1.54) is 0 Å². The monoisotopic (exact) mass is 288 g/mol. The first-order valence-corrected chi connectivity index (χ1v) is 6.99. The van der Waals surface area contributed by atoms with Crippen LogP contribution in [0.25, 0.3) is 0 Å². The summed E-state index contributed by atoms with van der Waals surface area (Å²) >= 11 is 0. The van der Waals surface area contributed by atoms with Gasteiger partial charge in [0.1, 0.15) is 6.42 Å². The first-order valence-electron chi connectivity index (χ1n) is 6.99. The molecule has 1 aromatic carbocycles. The van der Waals surface area contributed by atoms with Gasteiger partial charge in [0.25, 0.3) is 0 Å². The number of Topliss-reactive ketones (excluding diaryl/α,β-unsaturated/α-hetero) is 1. The van der Waals surface area contributed by atoms with Gasteiger partial charge < -0.3 is 15.4 Å². The summed E-state index contributed by atoms with van der Waals surface area (Å²) in [5.74, 6) is -0.699. The van der Waals surface area contributed by atoms with Gasteiger partial charge in [-0.25, -0.2) is 0 Å². The summed E-state index contributed by atoms with van der Waals surface area (Å²) in [6.07, 6.45) is 1.23. The fourth-order valence-electron chi connectivity index (χ4n) is 2.64. The zero-order chi connectivity index (χ0) is 14.8. The predicted molar refractivity (Wildman–Crippen MR) is 76.2 cm³/mol. The zero-order valence-electron chi connectivity index (χ0n) is 11.5. The SMILES string of the molecule is O=C1CC(=O)Nc2cc(C(=O)C3CCOCC3)ccc2N1. The molecular formula is C15H16N2O4. The minimum atomic E-state index is -0.373. The Balaban J connectivity index is 1.86. The molecule has 6 nitrogen and oxygen atoms in total. The average molecular weight is 288 g/mol. The maximum atomic E-state index is 12.5. The summed E-state index contributed by atoms with van der Waals surface area (Å²) in [6.45, 7) is 1.21. The Morgan fingerprint density at radius 1 is 1.05 bits per heavy atom. The molecular weight excluding hydrogens is 272 g/mol. The summed E-state index contributed by atoms with van der Waals surface area (Å²) in [6, 6.07) is 4.98. The summed E-state index contributed by atoms with van der Waals surface area (Å²) < 4.78 is 5.26. The number of benzene rings is 1. The Morgan fingerprint density at radius 3 is 2.43 bits per heavy atom. The van der Waals surface area contributed by atoms with E-state index in [4.69, 9.17) is 4.74 Å². The molecule has 1 aromatic rings. The van der Waals surface area contributed by atoms with Crippen LogP contribution in [0, 0.1) is 5.92 Å². The Bertz CT molecular complexity index is 606. The number of ether oxygens (including phenoxy) is 1. The van der Waals surface area contributed by atoms with Crippen LogP contribution in [0.5, 0.6) is 0 Å². The second-order valence-electron chi connectivity index (χ2n) is 5.28. The van der Waals surface area contributed by atoms with Gasteiger partial charge >= 0.3 is 0 Å². The second kappa shape index (κ2) is 5.65. The lowest BCUT2D eigenvalue weighted by molar-refractivity contribution is -0.123. The number of hydrogen-bond acceptors (Lipinski definition) is 4. The number of amides is 2. The van der Waals surface area contributed by atoms with E-state index < -0.39 is 0 Å². The molecule has 2 aliphatic rings. The molecule has 1 fully saturated rings. The van der Waals surface area contributed by atoms with Crippen LogP contribution in [-0.4, -0.2) is 30.8 Å². The van der Waals surface area contributed by atoms with Gasteiger partial charge in [0, 0.05) is 24.7 Å². The van der Waals surface area contributed by atoms with E-state index in [2.05, 4.69) is 10.6 Å². The summed E-state index contributed by atoms with van der Waals surface area (Å²) in [5.41, 5.74) is 1.55. The lowest BCUT2D eigenvalue weighted by Gasteiger charge is -2.21. The molecule has 1 saturated heterocycles. The molecule has 0 bridgehead atoms. The lowest BCUT2D eigenvalue weighted by Crippen LogP contribution is -2.23. The number of carbonyl (C=O) groups excluding carboxylic acids is 3. The molecule has 0 spiro atoms. The smallest absolute Gasteiger partial charge is 0.233 e. The number of ketones is 1. The minimum Gasteiger partial charge on any atom is -0.381 e. The van der Waals surface area contributed by atoms with Crippen molar-refractivity contribution in [3.63, 3.8) is 0 Å². The molecule has 2 aliphatic heterocycles. The van der Waals surface area contributed by atoms with Gasteiger partial charge in [0.05, 0.1) is 11.4 Å². The molecule has 3 rings (SSSR count). The van der Waals surface area contributed by atoms with Crippen molar-refractivity contribution in [2.24, 2.45) is 5.92 Å². The van der Waals surface area contributed by atoms with Crippen LogP contribution in [0.1, 0.15) is 29.6 Å². The second-order valence-corrected chi connectivity index (χ2v) is 5.28. The summed E-state index contributed by atoms with van der Waals surface area (Å²) in [7, 11) is 0. The van der Waals surface area contributed by atoms with Crippen LogP contribution in [0.15, 0.2) is 18.2 Å². The van der Waals surface area contributed by atoms with Crippen LogP contribution >= 0.6 is 0 Å². The van der Waals surface area contributed by atoms with Crippen molar-refractivity contribution in [3.8, 4) is 0 Å². The quantitative estimate of drug-likeness (QED) is 0.639. The fourth-order valence-corrected chi connectivity index (χ4v) is 2.64. The van der Waals surface area contributed by atoms with Crippen molar-refractivity contribution in [1.82, 2.24) is 0 Å². The van der Waals surface area contributed by atoms with Gasteiger partial charge in [-0.1, -0.05) is 0 Å². The zero-order valence-corrected chi connectivity index (χ0v) is 11.5. The van der Waals surface area contributed by atoms with Crippen molar-refractivity contribution in [3.05, 3.63) is 23.8 Å². The molecule has 0 radical (unpaired) electrons. The highest BCUT2D eigenvalue weighted by Gasteiger charge is 2.25. The summed E-state index contributed by atoms with van der Waals surface area (Å²) in [5, 5.41) is 5.30. The van der Waals surface area contributed by atoms with Crippen molar-refractivity contribution in [2.75, 3.05) is 23.8 Å². The number of carbonyl (C=O) groups is 3. The normalized spacial score (nSPS) is 19.2. The van der Waals surface area contributed by atoms with Gasteiger partial charge in [0.15, 0.2) is 5.78 Å². The largest absolute Gasteiger partial charge is 0.381 e. The molecule has 21 heavy (non-hydrogen) atoms. The van der Waals surface area contributed by atoms with Crippen molar-refractivity contribution < 1.29 is 19.1 Å². The minimum absolute atomic E-state index is 0.0344. The highest BCUT2D eigenvalue weighted by molar-refractivity contribution is 6.14. The van der Waals surface area contributed by atoms with Gasteiger partial charge in [-0.15, -0.1) is 0 Å². The highest BCUT2D eigenvalue weighted by Crippen LogP contribution is 2.28. The van der Waals surface area contributed by atoms with E-state index in [1.54, 1.807) is 18.2 Å². The lowest BCUT2D eigenvalue weighted by atomic mass is 9.90. The molecule has 0 aliphatic carbocycles. The molecule has 0 saturated carbocycles. The molecule has 2 N–H and O–H groups in total. The fraction of sp³-hybridized carbons (Fsp3) is 0.400. The van der Waals surface area contributed by atoms with Gasteiger partial charge in [-0.3, -0.25) is 14.4 Å². The Labute approximate surface area is 121 Å².